The second-order valence-corrected chi connectivity index (χ2v) is 10.2. The fraction of sp³-hybridized carbons (Fsp3) is 1.00. The monoisotopic (exact) mass is 312 g/mol. The molecule has 0 spiro atoms. The summed E-state index contributed by atoms with van der Waals surface area (Å²) in [7, 11) is -6.52. The van der Waals surface area contributed by atoms with Gasteiger partial charge in [0.15, 0.2) is 0 Å². The molecule has 0 saturated carbocycles. The Balaban J connectivity index is 2.69. The van der Waals surface area contributed by atoms with Gasteiger partial charge in [-0.2, -0.15) is 8.61 Å². The van der Waals surface area contributed by atoms with Crippen molar-refractivity contribution in [2.24, 2.45) is 5.41 Å². The van der Waals surface area contributed by atoms with Crippen LogP contribution in [0.4, 0.5) is 0 Å². The Bertz CT molecular complexity index is 497. The summed E-state index contributed by atoms with van der Waals surface area (Å²) in [6.45, 7) is 8.22. The van der Waals surface area contributed by atoms with Crippen molar-refractivity contribution < 1.29 is 16.8 Å². The van der Waals surface area contributed by atoms with E-state index in [0.29, 0.717) is 0 Å². The molecular formula is C11H24N2O4S2. The maximum Gasteiger partial charge on any atom is 0.214 e. The zero-order chi connectivity index (χ0) is 14.9. The number of sulfonamides is 2. The number of hydrogen-bond donors (Lipinski definition) is 0. The van der Waals surface area contributed by atoms with E-state index in [-0.39, 0.29) is 43.1 Å². The van der Waals surface area contributed by atoms with E-state index in [4.69, 9.17) is 0 Å². The SMILES string of the molecule is CCS(=O)(=O)N1CCN(S(=O)(=O)CC(C)(C)C)CC1. The summed E-state index contributed by atoms with van der Waals surface area (Å²) in [6, 6.07) is 0. The van der Waals surface area contributed by atoms with E-state index < -0.39 is 20.0 Å². The number of nitrogens with zero attached hydrogens (tertiary/aromatic N) is 2. The second-order valence-electron chi connectivity index (χ2n) is 6.02. The molecule has 0 atom stereocenters. The van der Waals surface area contributed by atoms with E-state index in [1.807, 2.05) is 20.8 Å². The molecule has 1 aliphatic rings. The number of rotatable bonds is 4. The fourth-order valence-corrected chi connectivity index (χ4v) is 5.13. The van der Waals surface area contributed by atoms with Gasteiger partial charge in [-0.05, 0) is 12.3 Å². The fourth-order valence-electron chi connectivity index (χ4n) is 2.05. The minimum absolute atomic E-state index is 0.0573. The predicted octanol–water partition coefficient (Wildman–Crippen LogP) is 0.330. The molecule has 0 unspecified atom stereocenters. The third-order valence-electron chi connectivity index (χ3n) is 2.96. The molecule has 0 aromatic carbocycles. The van der Waals surface area contributed by atoms with Crippen molar-refractivity contribution in [3.05, 3.63) is 0 Å². The number of piperazine rings is 1. The van der Waals surface area contributed by atoms with Gasteiger partial charge in [0, 0.05) is 26.2 Å². The summed E-state index contributed by atoms with van der Waals surface area (Å²) in [5, 5.41) is 0. The molecule has 0 bridgehead atoms. The Hall–Kier alpha value is -0.180. The standard InChI is InChI=1S/C11H24N2O4S2/c1-5-18(14,15)12-6-8-13(9-7-12)19(16,17)10-11(2,3)4/h5-10H2,1-4H3. The van der Waals surface area contributed by atoms with E-state index in [9.17, 15) is 16.8 Å². The van der Waals surface area contributed by atoms with E-state index in [0.717, 1.165) is 0 Å². The van der Waals surface area contributed by atoms with Crippen molar-refractivity contribution in [3.8, 4) is 0 Å². The van der Waals surface area contributed by atoms with E-state index in [1.54, 1.807) is 6.92 Å². The smallest absolute Gasteiger partial charge is 0.212 e. The zero-order valence-electron chi connectivity index (χ0n) is 12.1. The average molecular weight is 312 g/mol. The van der Waals surface area contributed by atoms with Gasteiger partial charge in [0.25, 0.3) is 0 Å². The normalized spacial score (nSPS) is 20.6. The molecule has 1 rings (SSSR count). The lowest BCUT2D eigenvalue weighted by atomic mass is 10.0. The first-order valence-electron chi connectivity index (χ1n) is 6.43. The number of hydrogen-bond acceptors (Lipinski definition) is 4. The minimum Gasteiger partial charge on any atom is -0.212 e. The lowest BCUT2D eigenvalue weighted by molar-refractivity contribution is 0.270. The zero-order valence-corrected chi connectivity index (χ0v) is 13.7. The van der Waals surface area contributed by atoms with Gasteiger partial charge in [-0.15, -0.1) is 0 Å². The lowest BCUT2D eigenvalue weighted by Gasteiger charge is -2.34. The highest BCUT2D eigenvalue weighted by Gasteiger charge is 2.33. The first-order chi connectivity index (χ1) is 8.48. The highest BCUT2D eigenvalue weighted by atomic mass is 32.2. The van der Waals surface area contributed by atoms with Crippen LogP contribution in [0.3, 0.4) is 0 Å². The van der Waals surface area contributed by atoms with E-state index in [2.05, 4.69) is 0 Å². The van der Waals surface area contributed by atoms with Gasteiger partial charge in [-0.1, -0.05) is 20.8 Å². The predicted molar refractivity (Wildman–Crippen MR) is 75.8 cm³/mol. The van der Waals surface area contributed by atoms with Gasteiger partial charge >= 0.3 is 0 Å². The Morgan fingerprint density at radius 2 is 1.21 bits per heavy atom. The highest BCUT2D eigenvalue weighted by Crippen LogP contribution is 2.20. The maximum absolute atomic E-state index is 12.2. The summed E-state index contributed by atoms with van der Waals surface area (Å²) in [5.74, 6) is 0.141. The highest BCUT2D eigenvalue weighted by molar-refractivity contribution is 7.89. The molecular weight excluding hydrogens is 288 g/mol. The molecule has 0 aliphatic carbocycles. The average Bonchev–Trinajstić information content (AvgIpc) is 2.26. The summed E-state index contributed by atoms with van der Waals surface area (Å²) < 4.78 is 50.5. The van der Waals surface area contributed by atoms with Gasteiger partial charge in [-0.25, -0.2) is 16.8 Å². The third-order valence-corrected chi connectivity index (χ3v) is 7.23. The summed E-state index contributed by atoms with van der Waals surface area (Å²) in [5.41, 5.74) is -0.300. The molecule has 0 radical (unpaired) electrons. The molecule has 0 aromatic rings. The van der Waals surface area contributed by atoms with Crippen LogP contribution in [-0.4, -0.2) is 63.1 Å². The van der Waals surface area contributed by atoms with Gasteiger partial charge in [-0.3, -0.25) is 0 Å². The molecule has 1 saturated heterocycles. The van der Waals surface area contributed by atoms with Crippen LogP contribution < -0.4 is 0 Å². The van der Waals surface area contributed by atoms with Crippen LogP contribution in [0.15, 0.2) is 0 Å². The molecule has 0 aromatic heterocycles. The molecule has 0 N–H and O–H groups in total. The van der Waals surface area contributed by atoms with Crippen LogP contribution in [0.5, 0.6) is 0 Å². The molecule has 114 valence electrons. The van der Waals surface area contributed by atoms with Crippen molar-refractivity contribution >= 4 is 20.0 Å². The van der Waals surface area contributed by atoms with E-state index in [1.165, 1.54) is 8.61 Å². The molecule has 1 fully saturated rings. The van der Waals surface area contributed by atoms with Crippen LogP contribution in [0.1, 0.15) is 27.7 Å². The molecule has 1 heterocycles. The second kappa shape index (κ2) is 5.67. The molecule has 19 heavy (non-hydrogen) atoms. The van der Waals surface area contributed by atoms with Gasteiger partial charge in [0.05, 0.1) is 11.5 Å². The van der Waals surface area contributed by atoms with Gasteiger partial charge < -0.3 is 0 Å². The van der Waals surface area contributed by atoms with Crippen molar-refractivity contribution in [1.29, 1.82) is 0 Å². The van der Waals surface area contributed by atoms with Crippen LogP contribution in [-0.2, 0) is 20.0 Å². The summed E-state index contributed by atoms with van der Waals surface area (Å²) in [6.07, 6.45) is 0. The van der Waals surface area contributed by atoms with Crippen LogP contribution in [0, 0.1) is 5.41 Å². The van der Waals surface area contributed by atoms with E-state index >= 15 is 0 Å². The first kappa shape index (κ1) is 16.9. The maximum atomic E-state index is 12.2. The quantitative estimate of drug-likeness (QED) is 0.750. The van der Waals surface area contributed by atoms with Crippen molar-refractivity contribution in [2.45, 2.75) is 27.7 Å². The topological polar surface area (TPSA) is 74.8 Å². The summed E-state index contributed by atoms with van der Waals surface area (Å²) >= 11 is 0. The molecule has 6 nitrogen and oxygen atoms in total. The van der Waals surface area contributed by atoms with Crippen LogP contribution in [0.2, 0.25) is 0 Å². The van der Waals surface area contributed by atoms with Gasteiger partial charge in [0.2, 0.25) is 20.0 Å². The van der Waals surface area contributed by atoms with Crippen LogP contribution in [0.25, 0.3) is 0 Å². The van der Waals surface area contributed by atoms with Gasteiger partial charge in [0.1, 0.15) is 0 Å². The van der Waals surface area contributed by atoms with Crippen molar-refractivity contribution in [2.75, 3.05) is 37.7 Å². The lowest BCUT2D eigenvalue weighted by Crippen LogP contribution is -2.52. The molecule has 1 aliphatic heterocycles. The first-order valence-corrected chi connectivity index (χ1v) is 9.65. The van der Waals surface area contributed by atoms with Crippen molar-refractivity contribution in [3.63, 3.8) is 0 Å². The summed E-state index contributed by atoms with van der Waals surface area (Å²) in [4.78, 5) is 0. The Kier molecular flexibility index (Phi) is 5.03. The Morgan fingerprint density at radius 1 is 0.842 bits per heavy atom. The minimum atomic E-state index is -3.30. The largest absolute Gasteiger partial charge is 0.214 e. The van der Waals surface area contributed by atoms with Crippen LogP contribution >= 0.6 is 0 Å². The molecule has 8 heteroatoms. The third kappa shape index (κ3) is 4.70. The van der Waals surface area contributed by atoms with Crippen molar-refractivity contribution in [1.82, 2.24) is 8.61 Å². The Morgan fingerprint density at radius 3 is 1.53 bits per heavy atom. The molecule has 0 amide bonds. The Labute approximate surface area is 116 Å².